The van der Waals surface area contributed by atoms with Crippen molar-refractivity contribution < 1.29 is 9.53 Å². The summed E-state index contributed by atoms with van der Waals surface area (Å²) < 4.78 is 5.19. The van der Waals surface area contributed by atoms with Crippen molar-refractivity contribution in [3.63, 3.8) is 0 Å². The van der Waals surface area contributed by atoms with Crippen LogP contribution < -0.4 is 0 Å². The minimum Gasteiger partial charge on any atom is -0.459 e. The van der Waals surface area contributed by atoms with Crippen molar-refractivity contribution in [2.75, 3.05) is 0 Å². The molecule has 0 bridgehead atoms. The van der Waals surface area contributed by atoms with Crippen molar-refractivity contribution in [2.45, 2.75) is 40.2 Å². The van der Waals surface area contributed by atoms with Crippen LogP contribution in [0.2, 0.25) is 0 Å². The summed E-state index contributed by atoms with van der Waals surface area (Å²) in [4.78, 5) is 11.3. The molecule has 16 heavy (non-hydrogen) atoms. The van der Waals surface area contributed by atoms with Crippen LogP contribution in [-0.2, 0) is 9.53 Å². The minimum atomic E-state index is -0.272. The fraction of sp³-hybridized carbons (Fsp3) is 0.500. The Labute approximate surface area is 98.7 Å². The molecular formula is C14H22O2. The second-order valence-electron chi connectivity index (χ2n) is 4.24. The number of hydrogen-bond donors (Lipinski definition) is 0. The molecule has 0 aromatic carbocycles. The molecule has 1 atom stereocenters. The summed E-state index contributed by atoms with van der Waals surface area (Å²) in [6.07, 6.45) is 7.74. The molecule has 90 valence electrons. The summed E-state index contributed by atoms with van der Waals surface area (Å²) in [7, 11) is 0. The molecule has 0 aliphatic heterocycles. The molecule has 0 aliphatic rings. The zero-order valence-corrected chi connectivity index (χ0v) is 10.7. The normalized spacial score (nSPS) is 14.2. The first kappa shape index (κ1) is 14.7. The van der Waals surface area contributed by atoms with Crippen LogP contribution in [0.15, 0.2) is 36.5 Å². The zero-order chi connectivity index (χ0) is 12.6. The van der Waals surface area contributed by atoms with Crippen LogP contribution in [-0.4, -0.2) is 12.1 Å². The third kappa shape index (κ3) is 8.04. The average Bonchev–Trinajstić information content (AvgIpc) is 2.23. The number of hydrogen-bond acceptors (Lipinski definition) is 2. The van der Waals surface area contributed by atoms with E-state index >= 15 is 0 Å². The fourth-order valence-corrected chi connectivity index (χ4v) is 0.992. The van der Waals surface area contributed by atoms with Gasteiger partial charge in [0.2, 0.25) is 0 Å². The van der Waals surface area contributed by atoms with Crippen LogP contribution >= 0.6 is 0 Å². The Hall–Kier alpha value is -1.31. The lowest BCUT2D eigenvalue weighted by Crippen LogP contribution is -2.12. The molecule has 0 unspecified atom stereocenters. The number of carbonyl (C=O) groups is 1. The lowest BCUT2D eigenvalue weighted by atomic mass is 10.2. The highest BCUT2D eigenvalue weighted by atomic mass is 16.5. The quantitative estimate of drug-likeness (QED) is 0.389. The Bertz CT molecular complexity index is 285. The van der Waals surface area contributed by atoms with Gasteiger partial charge >= 0.3 is 5.97 Å². The first-order valence-corrected chi connectivity index (χ1v) is 5.63. The van der Waals surface area contributed by atoms with Gasteiger partial charge in [-0.3, -0.25) is 0 Å². The molecule has 2 nitrogen and oxygen atoms in total. The molecule has 0 fully saturated rings. The molecule has 0 heterocycles. The van der Waals surface area contributed by atoms with Crippen LogP contribution in [0.1, 0.15) is 34.1 Å². The molecular weight excluding hydrogens is 200 g/mol. The molecule has 0 radical (unpaired) electrons. The zero-order valence-electron chi connectivity index (χ0n) is 10.7. The van der Waals surface area contributed by atoms with Crippen molar-refractivity contribution in [1.29, 1.82) is 0 Å². The molecule has 0 rings (SSSR count). The van der Waals surface area contributed by atoms with Crippen LogP contribution in [0.4, 0.5) is 0 Å². The van der Waals surface area contributed by atoms with Gasteiger partial charge in [-0.15, -0.1) is 0 Å². The van der Waals surface area contributed by atoms with Crippen LogP contribution in [0, 0.1) is 5.92 Å². The van der Waals surface area contributed by atoms with Gasteiger partial charge in [-0.2, -0.15) is 0 Å². The number of allylic oxidation sites excluding steroid dienone is 3. The highest BCUT2D eigenvalue weighted by molar-refractivity contribution is 5.82. The SMILES string of the molecule is C=C/C(C)=C/C[C@H](C)OC(=O)/C=C/C(C)C. The standard InChI is InChI=1S/C14H22O2/c1-6-12(4)8-9-13(5)16-14(15)10-7-11(2)3/h6-8,10-11,13H,1,9H2,2-5H3/b10-7+,12-8+/t13-/m0/s1. The fourth-order valence-electron chi connectivity index (χ4n) is 0.992. The van der Waals surface area contributed by atoms with Gasteiger partial charge in [0.05, 0.1) is 0 Å². The van der Waals surface area contributed by atoms with Crippen molar-refractivity contribution in [2.24, 2.45) is 5.92 Å². The summed E-state index contributed by atoms with van der Waals surface area (Å²) in [5.41, 5.74) is 1.10. The molecule has 0 spiro atoms. The third-order valence-corrected chi connectivity index (χ3v) is 2.03. The molecule has 0 amide bonds. The smallest absolute Gasteiger partial charge is 0.330 e. The van der Waals surface area contributed by atoms with Gasteiger partial charge in [-0.05, 0) is 19.8 Å². The molecule has 0 saturated heterocycles. The van der Waals surface area contributed by atoms with Gasteiger partial charge in [0.15, 0.2) is 0 Å². The van der Waals surface area contributed by atoms with Crippen molar-refractivity contribution in [3.05, 3.63) is 36.5 Å². The maximum atomic E-state index is 11.3. The van der Waals surface area contributed by atoms with Gasteiger partial charge in [0.25, 0.3) is 0 Å². The molecule has 2 heteroatoms. The molecule has 0 saturated carbocycles. The van der Waals surface area contributed by atoms with Crippen molar-refractivity contribution >= 4 is 5.97 Å². The van der Waals surface area contributed by atoms with E-state index in [-0.39, 0.29) is 12.1 Å². The maximum Gasteiger partial charge on any atom is 0.330 e. The predicted molar refractivity (Wildman–Crippen MR) is 68.1 cm³/mol. The van der Waals surface area contributed by atoms with Gasteiger partial charge in [-0.25, -0.2) is 4.79 Å². The summed E-state index contributed by atoms with van der Waals surface area (Å²) in [5.74, 6) is 0.0941. The Morgan fingerprint density at radius 3 is 2.50 bits per heavy atom. The maximum absolute atomic E-state index is 11.3. The minimum absolute atomic E-state index is 0.0980. The lowest BCUT2D eigenvalue weighted by molar-refractivity contribution is -0.142. The second kappa shape index (κ2) is 7.91. The van der Waals surface area contributed by atoms with E-state index in [4.69, 9.17) is 4.74 Å². The van der Waals surface area contributed by atoms with Crippen molar-refractivity contribution in [3.8, 4) is 0 Å². The molecule has 0 N–H and O–H groups in total. The lowest BCUT2D eigenvalue weighted by Gasteiger charge is -2.09. The van der Waals surface area contributed by atoms with Crippen molar-refractivity contribution in [1.82, 2.24) is 0 Å². The number of ether oxygens (including phenoxy) is 1. The Kier molecular flexibility index (Phi) is 7.27. The molecule has 0 aliphatic carbocycles. The number of esters is 1. The van der Waals surface area contributed by atoms with Crippen LogP contribution in [0.5, 0.6) is 0 Å². The van der Waals surface area contributed by atoms with E-state index in [2.05, 4.69) is 6.58 Å². The number of carbonyl (C=O) groups excluding carboxylic acids is 1. The van der Waals surface area contributed by atoms with E-state index in [0.29, 0.717) is 5.92 Å². The van der Waals surface area contributed by atoms with Gasteiger partial charge < -0.3 is 4.74 Å². The van der Waals surface area contributed by atoms with Crippen LogP contribution in [0.3, 0.4) is 0 Å². The molecule has 0 aromatic rings. The monoisotopic (exact) mass is 222 g/mol. The summed E-state index contributed by atoms with van der Waals surface area (Å²) in [6, 6.07) is 0. The third-order valence-electron chi connectivity index (χ3n) is 2.03. The molecule has 0 aromatic heterocycles. The predicted octanol–water partition coefficient (Wildman–Crippen LogP) is 3.65. The Morgan fingerprint density at radius 2 is 2.00 bits per heavy atom. The van der Waals surface area contributed by atoms with E-state index in [1.54, 1.807) is 6.08 Å². The van der Waals surface area contributed by atoms with Crippen LogP contribution in [0.25, 0.3) is 0 Å². The topological polar surface area (TPSA) is 26.3 Å². The van der Waals surface area contributed by atoms with E-state index in [0.717, 1.165) is 12.0 Å². The second-order valence-corrected chi connectivity index (χ2v) is 4.24. The summed E-state index contributed by atoms with van der Waals surface area (Å²) in [6.45, 7) is 11.6. The van der Waals surface area contributed by atoms with Gasteiger partial charge in [0.1, 0.15) is 6.10 Å². The highest BCUT2D eigenvalue weighted by Crippen LogP contribution is 2.04. The summed E-state index contributed by atoms with van der Waals surface area (Å²) >= 11 is 0. The highest BCUT2D eigenvalue weighted by Gasteiger charge is 2.04. The first-order valence-electron chi connectivity index (χ1n) is 5.63. The largest absolute Gasteiger partial charge is 0.459 e. The Balaban J connectivity index is 4.01. The first-order chi connectivity index (χ1) is 7.45. The Morgan fingerprint density at radius 1 is 1.38 bits per heavy atom. The average molecular weight is 222 g/mol. The summed E-state index contributed by atoms with van der Waals surface area (Å²) in [5, 5.41) is 0. The van der Waals surface area contributed by atoms with E-state index in [1.807, 2.05) is 39.8 Å². The van der Waals surface area contributed by atoms with E-state index < -0.39 is 0 Å². The van der Waals surface area contributed by atoms with E-state index in [9.17, 15) is 4.79 Å². The van der Waals surface area contributed by atoms with Gasteiger partial charge in [0, 0.05) is 12.5 Å². The van der Waals surface area contributed by atoms with Gasteiger partial charge in [-0.1, -0.05) is 44.2 Å². The number of rotatable bonds is 6. The van der Waals surface area contributed by atoms with E-state index in [1.165, 1.54) is 6.08 Å².